The second-order valence-electron chi connectivity index (χ2n) is 4.86. The smallest absolute Gasteiger partial charge is 0.163 e. The van der Waals surface area contributed by atoms with Gasteiger partial charge < -0.3 is 14.8 Å². The lowest BCUT2D eigenvalue weighted by Gasteiger charge is -2.19. The second-order valence-corrected chi connectivity index (χ2v) is 7.15. The van der Waals surface area contributed by atoms with E-state index in [0.717, 1.165) is 16.4 Å². The molecule has 2 heterocycles. The van der Waals surface area contributed by atoms with Crippen LogP contribution in [-0.4, -0.2) is 25.0 Å². The maximum Gasteiger partial charge on any atom is 0.163 e. The Morgan fingerprint density at radius 1 is 1.56 bits per heavy atom. The number of hydrogen-bond donors (Lipinski definition) is 1. The molecule has 0 aromatic carbocycles. The Kier molecular flexibility index (Phi) is 4.57. The molecule has 1 N–H and O–H groups in total. The van der Waals surface area contributed by atoms with Crippen LogP contribution in [0.4, 0.5) is 0 Å². The van der Waals surface area contributed by atoms with Crippen molar-refractivity contribution >= 4 is 34.5 Å². The molecule has 0 bridgehead atoms. The summed E-state index contributed by atoms with van der Waals surface area (Å²) >= 11 is 13.4. The van der Waals surface area contributed by atoms with Crippen LogP contribution in [0.2, 0.25) is 8.67 Å². The van der Waals surface area contributed by atoms with Gasteiger partial charge in [0.15, 0.2) is 5.79 Å². The van der Waals surface area contributed by atoms with Crippen molar-refractivity contribution in [2.75, 3.05) is 13.2 Å². The van der Waals surface area contributed by atoms with Gasteiger partial charge >= 0.3 is 0 Å². The van der Waals surface area contributed by atoms with E-state index < -0.39 is 5.79 Å². The summed E-state index contributed by atoms with van der Waals surface area (Å²) in [7, 11) is 0. The highest BCUT2D eigenvalue weighted by molar-refractivity contribution is 7.20. The fraction of sp³-hybridized carbons (Fsp3) is 0.667. The third-order valence-electron chi connectivity index (χ3n) is 2.87. The van der Waals surface area contributed by atoms with Crippen LogP contribution in [0, 0.1) is 0 Å². The highest BCUT2D eigenvalue weighted by Crippen LogP contribution is 2.34. The van der Waals surface area contributed by atoms with E-state index in [2.05, 4.69) is 12.2 Å². The van der Waals surface area contributed by atoms with E-state index in [9.17, 15) is 0 Å². The summed E-state index contributed by atoms with van der Waals surface area (Å²) in [6.07, 6.45) is 0.0790. The van der Waals surface area contributed by atoms with Gasteiger partial charge in [-0.15, -0.1) is 11.3 Å². The summed E-state index contributed by atoms with van der Waals surface area (Å²) < 4.78 is 12.7. The minimum atomic E-state index is -0.473. The van der Waals surface area contributed by atoms with Gasteiger partial charge in [-0.25, -0.2) is 0 Å². The average molecular weight is 310 g/mol. The van der Waals surface area contributed by atoms with Crippen LogP contribution in [-0.2, 0) is 9.47 Å². The van der Waals surface area contributed by atoms with Gasteiger partial charge in [0.05, 0.1) is 21.4 Å². The van der Waals surface area contributed by atoms with Crippen molar-refractivity contribution < 1.29 is 9.47 Å². The zero-order valence-electron chi connectivity index (χ0n) is 10.6. The van der Waals surface area contributed by atoms with Gasteiger partial charge in [-0.05, 0) is 32.4 Å². The van der Waals surface area contributed by atoms with E-state index in [4.69, 9.17) is 32.7 Å². The van der Waals surface area contributed by atoms with Crippen molar-refractivity contribution in [3.05, 3.63) is 20.3 Å². The summed E-state index contributed by atoms with van der Waals surface area (Å²) in [6.45, 7) is 7.25. The molecule has 0 aliphatic carbocycles. The Morgan fingerprint density at radius 3 is 2.78 bits per heavy atom. The number of halogens is 2. The molecule has 2 unspecified atom stereocenters. The van der Waals surface area contributed by atoms with Gasteiger partial charge in [0.1, 0.15) is 0 Å². The molecule has 3 nitrogen and oxygen atoms in total. The van der Waals surface area contributed by atoms with Crippen LogP contribution in [0.15, 0.2) is 6.07 Å². The van der Waals surface area contributed by atoms with Gasteiger partial charge in [0.2, 0.25) is 0 Å². The first-order chi connectivity index (χ1) is 8.37. The van der Waals surface area contributed by atoms with Crippen LogP contribution >= 0.6 is 34.5 Å². The van der Waals surface area contributed by atoms with E-state index in [1.54, 1.807) is 0 Å². The van der Waals surface area contributed by atoms with E-state index in [0.29, 0.717) is 10.9 Å². The Balaban J connectivity index is 1.86. The van der Waals surface area contributed by atoms with Crippen molar-refractivity contribution in [3.8, 4) is 0 Å². The molecule has 0 spiro atoms. The highest BCUT2D eigenvalue weighted by atomic mass is 35.5. The lowest BCUT2D eigenvalue weighted by Crippen LogP contribution is -2.32. The van der Waals surface area contributed by atoms with Gasteiger partial charge in [0, 0.05) is 12.6 Å². The van der Waals surface area contributed by atoms with Gasteiger partial charge in [-0.2, -0.15) is 0 Å². The molecule has 18 heavy (non-hydrogen) atoms. The third kappa shape index (κ3) is 3.59. The second kappa shape index (κ2) is 5.65. The topological polar surface area (TPSA) is 30.5 Å². The zero-order valence-corrected chi connectivity index (χ0v) is 13.0. The zero-order chi connectivity index (χ0) is 13.3. The minimum Gasteiger partial charge on any atom is -0.348 e. The molecule has 1 aliphatic heterocycles. The molecule has 6 heteroatoms. The molecule has 102 valence electrons. The van der Waals surface area contributed by atoms with Gasteiger partial charge in [-0.3, -0.25) is 0 Å². The lowest BCUT2D eigenvalue weighted by atomic mass is 10.2. The predicted octanol–water partition coefficient (Wildman–Crippen LogP) is 3.86. The highest BCUT2D eigenvalue weighted by Gasteiger charge is 2.32. The van der Waals surface area contributed by atoms with Crippen LogP contribution in [0.25, 0.3) is 0 Å². The Bertz CT molecular complexity index is 422. The summed E-state index contributed by atoms with van der Waals surface area (Å²) in [5, 5.41) is 3.39. The molecular formula is C12H17Cl2NO2S. The fourth-order valence-electron chi connectivity index (χ4n) is 1.93. The van der Waals surface area contributed by atoms with E-state index in [1.807, 2.05) is 19.9 Å². The monoisotopic (exact) mass is 309 g/mol. The summed E-state index contributed by atoms with van der Waals surface area (Å²) in [6, 6.07) is 2.05. The molecule has 2 atom stereocenters. The van der Waals surface area contributed by atoms with Crippen molar-refractivity contribution in [1.29, 1.82) is 0 Å². The van der Waals surface area contributed by atoms with Gasteiger partial charge in [0.25, 0.3) is 0 Å². The van der Waals surface area contributed by atoms with E-state index in [1.165, 1.54) is 11.3 Å². The summed E-state index contributed by atoms with van der Waals surface area (Å²) in [5.41, 5.74) is 1.03. The number of ether oxygens (including phenoxy) is 2. The van der Waals surface area contributed by atoms with E-state index >= 15 is 0 Å². The SMILES string of the molecule is CC(NCC1COC(C)(C)O1)c1cc(Cl)sc1Cl. The average Bonchev–Trinajstić information content (AvgIpc) is 2.78. The normalized spacial score (nSPS) is 24.4. The number of rotatable bonds is 4. The minimum absolute atomic E-state index is 0.0790. The molecule has 1 aromatic heterocycles. The van der Waals surface area contributed by atoms with Crippen molar-refractivity contribution in [3.63, 3.8) is 0 Å². The third-order valence-corrected chi connectivity index (χ3v) is 4.39. The van der Waals surface area contributed by atoms with Gasteiger partial charge in [-0.1, -0.05) is 23.2 Å². The molecule has 0 amide bonds. The van der Waals surface area contributed by atoms with Crippen LogP contribution in [0.5, 0.6) is 0 Å². The first-order valence-corrected chi connectivity index (χ1v) is 7.44. The van der Waals surface area contributed by atoms with Crippen molar-refractivity contribution in [2.45, 2.75) is 38.7 Å². The molecular weight excluding hydrogens is 293 g/mol. The Morgan fingerprint density at radius 2 is 2.28 bits per heavy atom. The van der Waals surface area contributed by atoms with Crippen molar-refractivity contribution in [2.24, 2.45) is 0 Å². The molecule has 1 aliphatic rings. The Labute approximate surface area is 121 Å². The van der Waals surface area contributed by atoms with Crippen LogP contribution < -0.4 is 5.32 Å². The summed E-state index contributed by atoms with van der Waals surface area (Å²) in [4.78, 5) is 0. The maximum absolute atomic E-state index is 6.12. The number of nitrogens with one attached hydrogen (secondary N) is 1. The Hall–Kier alpha value is 0.160. The molecule has 1 saturated heterocycles. The first-order valence-electron chi connectivity index (χ1n) is 5.87. The lowest BCUT2D eigenvalue weighted by molar-refractivity contribution is -0.137. The van der Waals surface area contributed by atoms with Crippen molar-refractivity contribution in [1.82, 2.24) is 5.32 Å². The quantitative estimate of drug-likeness (QED) is 0.916. The summed E-state index contributed by atoms with van der Waals surface area (Å²) in [5.74, 6) is -0.473. The fourth-order valence-corrected chi connectivity index (χ4v) is 3.58. The molecule has 2 rings (SSSR count). The van der Waals surface area contributed by atoms with E-state index in [-0.39, 0.29) is 12.1 Å². The standard InChI is InChI=1S/C12H17Cl2NO2S/c1-7(9-4-10(13)18-11(9)14)15-5-8-6-16-12(2,3)17-8/h4,7-8,15H,5-6H2,1-3H3. The molecule has 0 saturated carbocycles. The van der Waals surface area contributed by atoms with Crippen LogP contribution in [0.3, 0.4) is 0 Å². The first kappa shape index (κ1) is 14.6. The molecule has 0 radical (unpaired) electrons. The molecule has 1 fully saturated rings. The molecule has 1 aromatic rings. The van der Waals surface area contributed by atoms with Crippen LogP contribution in [0.1, 0.15) is 32.4 Å². The largest absolute Gasteiger partial charge is 0.348 e. The number of hydrogen-bond acceptors (Lipinski definition) is 4. The maximum atomic E-state index is 6.12. The predicted molar refractivity (Wildman–Crippen MR) is 75.7 cm³/mol. The number of thiophene rings is 1.